The zero-order valence-corrected chi connectivity index (χ0v) is 8.80. The minimum Gasteiger partial charge on any atom is -0.481 e. The molecule has 0 unspecified atom stereocenters. The number of thioether (sulfide) groups is 1. The zero-order valence-electron chi connectivity index (χ0n) is 7.99. The maximum atomic E-state index is 10.2. The van der Waals surface area contributed by atoms with Crippen LogP contribution in [0.3, 0.4) is 0 Å². The predicted molar refractivity (Wildman–Crippen MR) is 53.4 cm³/mol. The molecule has 0 aliphatic rings. The summed E-state index contributed by atoms with van der Waals surface area (Å²) in [6, 6.07) is 0. The second-order valence-corrected chi connectivity index (χ2v) is 3.83. The number of nitrogens with one attached hydrogen (secondary N) is 1. The van der Waals surface area contributed by atoms with Crippen LogP contribution in [-0.2, 0) is 11.2 Å². The van der Waals surface area contributed by atoms with Crippen molar-refractivity contribution in [3.8, 4) is 0 Å². The molecule has 1 aromatic rings. The highest BCUT2D eigenvalue weighted by atomic mass is 32.2. The van der Waals surface area contributed by atoms with Gasteiger partial charge < -0.3 is 5.11 Å². The van der Waals surface area contributed by atoms with Crippen molar-refractivity contribution in [1.82, 2.24) is 15.2 Å². The number of hydrogen-bond donors (Lipinski definition) is 2. The van der Waals surface area contributed by atoms with Crippen molar-refractivity contribution in [3.05, 3.63) is 5.82 Å². The van der Waals surface area contributed by atoms with E-state index in [-0.39, 0.29) is 6.42 Å². The molecule has 14 heavy (non-hydrogen) atoms. The van der Waals surface area contributed by atoms with Crippen LogP contribution in [0, 0.1) is 0 Å². The van der Waals surface area contributed by atoms with E-state index >= 15 is 0 Å². The first kappa shape index (κ1) is 11.0. The molecule has 1 heterocycles. The number of aliphatic carboxylic acids is 1. The molecule has 0 aliphatic carbocycles. The van der Waals surface area contributed by atoms with Gasteiger partial charge in [-0.05, 0) is 6.42 Å². The number of carboxylic acid groups (broad SMARTS) is 1. The summed E-state index contributed by atoms with van der Waals surface area (Å²) in [4.78, 5) is 14.4. The molecule has 0 aromatic carbocycles. The summed E-state index contributed by atoms with van der Waals surface area (Å²) in [5.74, 6) is 0.855. The number of carbonyl (C=O) groups is 1. The Balaban J connectivity index is 2.21. The van der Waals surface area contributed by atoms with Gasteiger partial charge in [0.2, 0.25) is 5.16 Å². The molecule has 0 radical (unpaired) electrons. The van der Waals surface area contributed by atoms with Gasteiger partial charge in [0.05, 0.1) is 0 Å². The van der Waals surface area contributed by atoms with Crippen molar-refractivity contribution in [3.63, 3.8) is 0 Å². The van der Waals surface area contributed by atoms with Crippen molar-refractivity contribution >= 4 is 17.7 Å². The molecule has 0 spiro atoms. The molecule has 78 valence electrons. The lowest BCUT2D eigenvalue weighted by Gasteiger charge is -1.93. The lowest BCUT2D eigenvalue weighted by Crippen LogP contribution is -1.94. The molecular formula is C8H13N3O2S. The molecule has 0 saturated carbocycles. The number of hydrogen-bond acceptors (Lipinski definition) is 4. The lowest BCUT2D eigenvalue weighted by molar-refractivity contribution is -0.137. The van der Waals surface area contributed by atoms with Gasteiger partial charge in [0.25, 0.3) is 0 Å². The van der Waals surface area contributed by atoms with E-state index in [1.807, 2.05) is 6.92 Å². The fourth-order valence-electron chi connectivity index (χ4n) is 0.887. The molecule has 0 amide bonds. The fraction of sp³-hybridized carbons (Fsp3) is 0.625. The second-order valence-electron chi connectivity index (χ2n) is 2.76. The smallest absolute Gasteiger partial charge is 0.303 e. The maximum absolute atomic E-state index is 10.2. The third-order valence-corrected chi connectivity index (χ3v) is 2.55. The lowest BCUT2D eigenvalue weighted by atomic mass is 10.3. The molecule has 0 atom stereocenters. The Hall–Kier alpha value is -1.04. The van der Waals surface area contributed by atoms with E-state index in [0.717, 1.165) is 18.0 Å². The molecule has 1 aromatic heterocycles. The Bertz CT molecular complexity index is 301. The van der Waals surface area contributed by atoms with E-state index in [9.17, 15) is 4.79 Å². The highest BCUT2D eigenvalue weighted by Crippen LogP contribution is 2.14. The topological polar surface area (TPSA) is 78.9 Å². The van der Waals surface area contributed by atoms with Crippen LogP contribution in [-0.4, -0.2) is 32.0 Å². The van der Waals surface area contributed by atoms with Crippen LogP contribution in [0.15, 0.2) is 5.16 Å². The molecule has 0 fully saturated rings. The third-order valence-electron chi connectivity index (χ3n) is 1.61. The van der Waals surface area contributed by atoms with Gasteiger partial charge in [0.15, 0.2) is 0 Å². The van der Waals surface area contributed by atoms with Gasteiger partial charge in [0, 0.05) is 18.6 Å². The SMILES string of the molecule is CCc1nc(SCCCC(=O)O)n[nH]1. The number of H-pyrrole nitrogens is 1. The van der Waals surface area contributed by atoms with E-state index in [1.54, 1.807) is 0 Å². The van der Waals surface area contributed by atoms with Gasteiger partial charge in [-0.3, -0.25) is 9.89 Å². The van der Waals surface area contributed by atoms with Crippen molar-refractivity contribution in [2.75, 3.05) is 5.75 Å². The minimum atomic E-state index is -0.755. The van der Waals surface area contributed by atoms with E-state index in [1.165, 1.54) is 11.8 Å². The Morgan fingerprint density at radius 1 is 1.64 bits per heavy atom. The van der Waals surface area contributed by atoms with E-state index in [4.69, 9.17) is 5.11 Å². The van der Waals surface area contributed by atoms with Gasteiger partial charge in [-0.1, -0.05) is 18.7 Å². The van der Waals surface area contributed by atoms with Gasteiger partial charge in [-0.15, -0.1) is 5.10 Å². The summed E-state index contributed by atoms with van der Waals surface area (Å²) in [5.41, 5.74) is 0. The quantitative estimate of drug-likeness (QED) is 0.552. The van der Waals surface area contributed by atoms with E-state index in [2.05, 4.69) is 15.2 Å². The number of rotatable bonds is 6. The van der Waals surface area contributed by atoms with Gasteiger partial charge in [0.1, 0.15) is 5.82 Å². The largest absolute Gasteiger partial charge is 0.481 e. The maximum Gasteiger partial charge on any atom is 0.303 e. The first-order valence-electron chi connectivity index (χ1n) is 4.48. The van der Waals surface area contributed by atoms with E-state index in [0.29, 0.717) is 11.6 Å². The Morgan fingerprint density at radius 2 is 2.43 bits per heavy atom. The normalized spacial score (nSPS) is 10.4. The van der Waals surface area contributed by atoms with Crippen LogP contribution in [0.4, 0.5) is 0 Å². The van der Waals surface area contributed by atoms with Crippen molar-refractivity contribution in [2.45, 2.75) is 31.3 Å². The molecule has 0 saturated heterocycles. The highest BCUT2D eigenvalue weighted by molar-refractivity contribution is 7.99. The minimum absolute atomic E-state index is 0.206. The van der Waals surface area contributed by atoms with E-state index < -0.39 is 5.97 Å². The van der Waals surface area contributed by atoms with Crippen LogP contribution in [0.5, 0.6) is 0 Å². The fourth-order valence-corrected chi connectivity index (χ4v) is 1.64. The summed E-state index contributed by atoms with van der Waals surface area (Å²) < 4.78 is 0. The first-order valence-corrected chi connectivity index (χ1v) is 5.46. The van der Waals surface area contributed by atoms with Crippen molar-refractivity contribution < 1.29 is 9.90 Å². The standard InChI is InChI=1S/C8H13N3O2S/c1-2-6-9-8(11-10-6)14-5-3-4-7(12)13/h2-5H2,1H3,(H,12,13)(H,9,10,11). The number of aromatic nitrogens is 3. The van der Waals surface area contributed by atoms with Gasteiger partial charge in [-0.2, -0.15) is 0 Å². The number of aromatic amines is 1. The summed E-state index contributed by atoms with van der Waals surface area (Å²) in [5, 5.41) is 15.9. The second kappa shape index (κ2) is 5.64. The average molecular weight is 215 g/mol. The molecule has 1 rings (SSSR count). The average Bonchev–Trinajstić information content (AvgIpc) is 2.60. The molecule has 0 bridgehead atoms. The van der Waals surface area contributed by atoms with Gasteiger partial charge >= 0.3 is 5.97 Å². The third kappa shape index (κ3) is 3.78. The molecule has 0 aliphatic heterocycles. The van der Waals surface area contributed by atoms with Gasteiger partial charge in [-0.25, -0.2) is 4.98 Å². The number of carboxylic acids is 1. The number of aryl methyl sites for hydroxylation is 1. The van der Waals surface area contributed by atoms with Crippen LogP contribution < -0.4 is 0 Å². The summed E-state index contributed by atoms with van der Waals surface area (Å²) >= 11 is 1.48. The molecule has 2 N–H and O–H groups in total. The van der Waals surface area contributed by atoms with Crippen molar-refractivity contribution in [1.29, 1.82) is 0 Å². The summed E-state index contributed by atoms with van der Waals surface area (Å²) in [6.07, 6.45) is 1.69. The molecular weight excluding hydrogens is 202 g/mol. The van der Waals surface area contributed by atoms with Crippen LogP contribution in [0.25, 0.3) is 0 Å². The number of nitrogens with zero attached hydrogens (tertiary/aromatic N) is 2. The molecule has 5 nitrogen and oxygen atoms in total. The summed E-state index contributed by atoms with van der Waals surface area (Å²) in [7, 11) is 0. The first-order chi connectivity index (χ1) is 6.72. The Kier molecular flexibility index (Phi) is 4.45. The van der Waals surface area contributed by atoms with Crippen LogP contribution >= 0.6 is 11.8 Å². The van der Waals surface area contributed by atoms with Crippen molar-refractivity contribution in [2.24, 2.45) is 0 Å². The van der Waals surface area contributed by atoms with Crippen LogP contribution in [0.2, 0.25) is 0 Å². The molecule has 6 heteroatoms. The zero-order chi connectivity index (χ0) is 10.4. The Morgan fingerprint density at radius 3 is 3.00 bits per heavy atom. The monoisotopic (exact) mass is 215 g/mol. The predicted octanol–water partition coefficient (Wildman–Crippen LogP) is 1.32. The van der Waals surface area contributed by atoms with Crippen LogP contribution in [0.1, 0.15) is 25.6 Å². The summed E-state index contributed by atoms with van der Waals surface area (Å²) in [6.45, 7) is 2.00. The highest BCUT2D eigenvalue weighted by Gasteiger charge is 2.02. The Labute approximate surface area is 86.3 Å².